The molecule has 0 heterocycles. The number of carboxylic acid groups (broad SMARTS) is 1. The summed E-state index contributed by atoms with van der Waals surface area (Å²) in [6, 6.07) is 3.07. The van der Waals surface area contributed by atoms with E-state index in [-0.39, 0.29) is 12.3 Å². The maximum absolute atomic E-state index is 12.9. The van der Waals surface area contributed by atoms with E-state index < -0.39 is 72.5 Å². The van der Waals surface area contributed by atoms with Crippen molar-refractivity contribution >= 4 is 35.5 Å². The van der Waals surface area contributed by atoms with Gasteiger partial charge in [-0.15, -0.1) is 0 Å². The largest absolute Gasteiger partial charge is 0.480 e. The minimum atomic E-state index is -1.58. The Morgan fingerprint density at radius 3 is 1.67 bits per heavy atom. The van der Waals surface area contributed by atoms with Crippen LogP contribution >= 0.6 is 0 Å². The summed E-state index contributed by atoms with van der Waals surface area (Å²) >= 11 is 0. The standard InChI is InChI=1S/C23H34N6O7/c1-3-12(2)19(26)22(34)28-15(11-18(25)31)20(32)27-14(10-17(24)30)21(33)29-16(23(35)36)9-13-7-5-4-6-8-13/h4-8,12,14-16,19H,3,9-11,26H2,1-2H3,(H2,24,30)(H2,25,31)(H,27,32)(H,28,34)(H,29,33)(H,35,36). The number of benzene rings is 1. The molecular formula is C23H34N6O7. The zero-order valence-corrected chi connectivity index (χ0v) is 20.2. The number of carbonyl (C=O) groups excluding carboxylic acids is 5. The molecule has 5 amide bonds. The first-order chi connectivity index (χ1) is 16.8. The van der Waals surface area contributed by atoms with Crippen LogP contribution in [0.4, 0.5) is 0 Å². The molecule has 0 bridgehead atoms. The van der Waals surface area contributed by atoms with E-state index in [1.165, 1.54) is 0 Å². The Balaban J connectivity index is 3.03. The number of aliphatic carboxylic acids is 1. The Hall–Kier alpha value is -4.00. The maximum Gasteiger partial charge on any atom is 0.326 e. The smallest absolute Gasteiger partial charge is 0.326 e. The predicted octanol–water partition coefficient (Wildman–Crippen LogP) is -2.11. The molecule has 13 heteroatoms. The molecule has 1 aromatic carbocycles. The number of amides is 5. The minimum absolute atomic E-state index is 0.0625. The normalized spacial score (nSPS) is 14.9. The second kappa shape index (κ2) is 14.4. The molecule has 10 N–H and O–H groups in total. The number of rotatable bonds is 15. The predicted molar refractivity (Wildman–Crippen MR) is 129 cm³/mol. The van der Waals surface area contributed by atoms with Crippen molar-refractivity contribution in [2.75, 3.05) is 0 Å². The third kappa shape index (κ3) is 10.1. The quantitative estimate of drug-likeness (QED) is 0.139. The molecule has 5 unspecified atom stereocenters. The highest BCUT2D eigenvalue weighted by atomic mass is 16.4. The molecule has 5 atom stereocenters. The molecule has 0 saturated heterocycles. The van der Waals surface area contributed by atoms with Crippen molar-refractivity contribution in [2.24, 2.45) is 23.1 Å². The first-order valence-corrected chi connectivity index (χ1v) is 11.4. The Labute approximate surface area is 208 Å². The fourth-order valence-electron chi connectivity index (χ4n) is 3.20. The highest BCUT2D eigenvalue weighted by Crippen LogP contribution is 2.07. The van der Waals surface area contributed by atoms with Gasteiger partial charge in [0, 0.05) is 6.42 Å². The number of nitrogens with one attached hydrogen (secondary N) is 3. The van der Waals surface area contributed by atoms with Crippen molar-refractivity contribution in [3.8, 4) is 0 Å². The summed E-state index contributed by atoms with van der Waals surface area (Å²) in [5, 5.41) is 16.4. The number of hydrogen-bond acceptors (Lipinski definition) is 7. The van der Waals surface area contributed by atoms with E-state index in [2.05, 4.69) is 16.0 Å². The van der Waals surface area contributed by atoms with Crippen molar-refractivity contribution in [3.05, 3.63) is 35.9 Å². The molecular weight excluding hydrogens is 472 g/mol. The van der Waals surface area contributed by atoms with Gasteiger partial charge in [-0.1, -0.05) is 50.6 Å². The molecule has 0 aliphatic heterocycles. The van der Waals surface area contributed by atoms with Gasteiger partial charge in [0.1, 0.15) is 18.1 Å². The minimum Gasteiger partial charge on any atom is -0.480 e. The van der Waals surface area contributed by atoms with E-state index in [1.54, 1.807) is 37.3 Å². The van der Waals surface area contributed by atoms with E-state index >= 15 is 0 Å². The van der Waals surface area contributed by atoms with Crippen molar-refractivity contribution in [1.82, 2.24) is 16.0 Å². The van der Waals surface area contributed by atoms with Crippen LogP contribution in [0.3, 0.4) is 0 Å². The highest BCUT2D eigenvalue weighted by Gasteiger charge is 2.32. The summed E-state index contributed by atoms with van der Waals surface area (Å²) < 4.78 is 0. The van der Waals surface area contributed by atoms with Crippen LogP contribution in [0.2, 0.25) is 0 Å². The lowest BCUT2D eigenvalue weighted by Crippen LogP contribution is -2.59. The molecule has 0 aliphatic rings. The molecule has 0 radical (unpaired) electrons. The van der Waals surface area contributed by atoms with Crippen LogP contribution < -0.4 is 33.2 Å². The zero-order valence-electron chi connectivity index (χ0n) is 20.2. The van der Waals surface area contributed by atoms with Gasteiger partial charge in [0.2, 0.25) is 29.5 Å². The van der Waals surface area contributed by atoms with Crippen molar-refractivity contribution < 1.29 is 33.9 Å². The third-order valence-corrected chi connectivity index (χ3v) is 5.53. The van der Waals surface area contributed by atoms with Crippen LogP contribution in [0.15, 0.2) is 30.3 Å². The van der Waals surface area contributed by atoms with Crippen LogP contribution in [0.5, 0.6) is 0 Å². The molecule has 0 aromatic heterocycles. The number of carbonyl (C=O) groups is 6. The summed E-state index contributed by atoms with van der Waals surface area (Å²) in [7, 11) is 0. The number of hydrogen-bond donors (Lipinski definition) is 7. The summed E-state index contributed by atoms with van der Waals surface area (Å²) in [4.78, 5) is 72.9. The molecule has 36 heavy (non-hydrogen) atoms. The number of nitrogens with two attached hydrogens (primary N) is 3. The van der Waals surface area contributed by atoms with Crippen molar-refractivity contribution in [2.45, 2.75) is 63.7 Å². The first-order valence-electron chi connectivity index (χ1n) is 11.4. The molecule has 1 rings (SSSR count). The topological polar surface area (TPSA) is 237 Å². The van der Waals surface area contributed by atoms with E-state index in [0.29, 0.717) is 12.0 Å². The second-order valence-electron chi connectivity index (χ2n) is 8.46. The number of carboxylic acids is 1. The van der Waals surface area contributed by atoms with Gasteiger partial charge < -0.3 is 38.3 Å². The Morgan fingerprint density at radius 2 is 1.25 bits per heavy atom. The maximum atomic E-state index is 12.9. The number of primary amides is 2. The zero-order chi connectivity index (χ0) is 27.4. The van der Waals surface area contributed by atoms with E-state index in [1.807, 2.05) is 6.92 Å². The second-order valence-corrected chi connectivity index (χ2v) is 8.46. The summed E-state index contributed by atoms with van der Waals surface area (Å²) in [6.45, 7) is 3.55. The van der Waals surface area contributed by atoms with Crippen LogP contribution in [-0.2, 0) is 35.2 Å². The monoisotopic (exact) mass is 506 g/mol. The van der Waals surface area contributed by atoms with Gasteiger partial charge in [0.25, 0.3) is 0 Å². The Morgan fingerprint density at radius 1 is 0.806 bits per heavy atom. The van der Waals surface area contributed by atoms with E-state index in [4.69, 9.17) is 17.2 Å². The van der Waals surface area contributed by atoms with Gasteiger partial charge in [-0.25, -0.2) is 4.79 Å². The molecule has 13 nitrogen and oxygen atoms in total. The van der Waals surface area contributed by atoms with Gasteiger partial charge in [0.05, 0.1) is 18.9 Å². The van der Waals surface area contributed by atoms with Gasteiger partial charge in [-0.3, -0.25) is 24.0 Å². The Kier molecular flexibility index (Phi) is 12.0. The molecule has 0 saturated carbocycles. The third-order valence-electron chi connectivity index (χ3n) is 5.53. The fraction of sp³-hybridized carbons (Fsp3) is 0.478. The Bertz CT molecular complexity index is 956. The molecule has 1 aromatic rings. The van der Waals surface area contributed by atoms with Crippen LogP contribution in [0.1, 0.15) is 38.7 Å². The average Bonchev–Trinajstić information content (AvgIpc) is 2.81. The van der Waals surface area contributed by atoms with Gasteiger partial charge in [-0.2, -0.15) is 0 Å². The highest BCUT2D eigenvalue weighted by molar-refractivity contribution is 5.97. The fourth-order valence-corrected chi connectivity index (χ4v) is 3.20. The SMILES string of the molecule is CCC(C)C(N)C(=O)NC(CC(N)=O)C(=O)NC(CC(N)=O)C(=O)NC(Cc1ccccc1)C(=O)O. The first kappa shape index (κ1) is 30.0. The lowest BCUT2D eigenvalue weighted by Gasteiger charge is -2.25. The van der Waals surface area contributed by atoms with Crippen LogP contribution in [0, 0.1) is 5.92 Å². The van der Waals surface area contributed by atoms with Gasteiger partial charge in [-0.05, 0) is 11.5 Å². The van der Waals surface area contributed by atoms with Crippen molar-refractivity contribution in [1.29, 1.82) is 0 Å². The van der Waals surface area contributed by atoms with Gasteiger partial charge >= 0.3 is 5.97 Å². The summed E-state index contributed by atoms with van der Waals surface area (Å²) in [6.07, 6.45) is -0.761. The average molecular weight is 507 g/mol. The van der Waals surface area contributed by atoms with Crippen LogP contribution in [0.25, 0.3) is 0 Å². The lowest BCUT2D eigenvalue weighted by atomic mass is 9.99. The van der Waals surface area contributed by atoms with Gasteiger partial charge in [0.15, 0.2) is 0 Å². The lowest BCUT2D eigenvalue weighted by molar-refractivity contribution is -0.142. The van der Waals surface area contributed by atoms with E-state index in [0.717, 1.165) is 0 Å². The summed E-state index contributed by atoms with van der Waals surface area (Å²) in [5.74, 6) is -6.16. The van der Waals surface area contributed by atoms with Crippen LogP contribution in [-0.4, -0.2) is 64.8 Å². The molecule has 198 valence electrons. The van der Waals surface area contributed by atoms with Crippen molar-refractivity contribution in [3.63, 3.8) is 0 Å². The molecule has 0 fully saturated rings. The molecule has 0 spiro atoms. The summed E-state index contributed by atoms with van der Waals surface area (Å²) in [5.41, 5.74) is 16.9. The molecule has 0 aliphatic carbocycles. The van der Waals surface area contributed by atoms with E-state index in [9.17, 15) is 33.9 Å².